The molecule has 0 radical (unpaired) electrons. The van der Waals surface area contributed by atoms with E-state index in [4.69, 9.17) is 4.74 Å². The van der Waals surface area contributed by atoms with Gasteiger partial charge in [-0.05, 0) is 25.9 Å². The molecule has 0 bridgehead atoms. The largest absolute Gasteiger partial charge is 0.381 e. The van der Waals surface area contributed by atoms with Crippen LogP contribution in [0.25, 0.3) is 0 Å². The molecule has 0 aromatic heterocycles. The first kappa shape index (κ1) is 11.9. The van der Waals surface area contributed by atoms with Crippen LogP contribution in [0.15, 0.2) is 0 Å². The van der Waals surface area contributed by atoms with Crippen LogP contribution in [0.5, 0.6) is 0 Å². The lowest BCUT2D eigenvalue weighted by molar-refractivity contribution is 0.128. The molecule has 1 N–H and O–H groups in total. The second kappa shape index (κ2) is 10.9. The molecule has 0 unspecified atom stereocenters. The number of rotatable bonds is 9. The fraction of sp³-hybridized carbons (Fsp3) is 1.00. The Hall–Kier alpha value is -0.0800. The topological polar surface area (TPSA) is 21.3 Å². The van der Waals surface area contributed by atoms with Gasteiger partial charge in [0, 0.05) is 13.2 Å². The molecular weight excluding hydrogens is 150 g/mol. The van der Waals surface area contributed by atoms with Crippen LogP contribution in [-0.4, -0.2) is 26.3 Å². The van der Waals surface area contributed by atoms with Crippen molar-refractivity contribution >= 4 is 0 Å². The summed E-state index contributed by atoms with van der Waals surface area (Å²) in [5.41, 5.74) is 0. The summed E-state index contributed by atoms with van der Waals surface area (Å²) in [5.74, 6) is 0. The minimum Gasteiger partial charge on any atom is -0.381 e. The third-order valence-corrected chi connectivity index (χ3v) is 1.78. The number of hydrogen-bond acceptors (Lipinski definition) is 2. The van der Waals surface area contributed by atoms with Gasteiger partial charge in [-0.15, -0.1) is 0 Å². The average Bonchev–Trinajstić information content (AvgIpc) is 2.10. The first-order valence-corrected chi connectivity index (χ1v) is 5.20. The predicted molar refractivity (Wildman–Crippen MR) is 53.5 cm³/mol. The van der Waals surface area contributed by atoms with Crippen LogP contribution in [-0.2, 0) is 4.74 Å². The number of unbranched alkanes of at least 4 members (excludes halogenated alkanes) is 2. The van der Waals surface area contributed by atoms with E-state index in [-0.39, 0.29) is 0 Å². The van der Waals surface area contributed by atoms with Gasteiger partial charge in [-0.25, -0.2) is 0 Å². The monoisotopic (exact) mass is 173 g/mol. The molecule has 0 aromatic carbocycles. The first-order chi connectivity index (χ1) is 5.91. The van der Waals surface area contributed by atoms with Crippen LogP contribution in [0, 0.1) is 0 Å². The van der Waals surface area contributed by atoms with E-state index in [1.54, 1.807) is 0 Å². The highest BCUT2D eigenvalue weighted by Gasteiger charge is 1.88. The van der Waals surface area contributed by atoms with Crippen LogP contribution in [0.2, 0.25) is 0 Å². The van der Waals surface area contributed by atoms with Crippen LogP contribution in [0.4, 0.5) is 0 Å². The van der Waals surface area contributed by atoms with Gasteiger partial charge in [0.05, 0.1) is 0 Å². The lowest BCUT2D eigenvalue weighted by atomic mass is 10.3. The van der Waals surface area contributed by atoms with E-state index in [2.05, 4.69) is 19.2 Å². The smallest absolute Gasteiger partial charge is 0.0478 e. The molecule has 0 aliphatic heterocycles. The highest BCUT2D eigenvalue weighted by Crippen LogP contribution is 1.94. The Morgan fingerprint density at radius 3 is 2.42 bits per heavy atom. The standard InChI is InChI=1S/C10H23NO/c1-3-5-6-9-12-10-7-8-11-4-2/h11H,3-10H2,1-2H3. The molecule has 0 saturated carbocycles. The molecular formula is C10H23NO. The van der Waals surface area contributed by atoms with Crippen molar-refractivity contribution in [3.63, 3.8) is 0 Å². The minimum absolute atomic E-state index is 0.913. The van der Waals surface area contributed by atoms with Crippen LogP contribution in [0.3, 0.4) is 0 Å². The molecule has 0 spiro atoms. The molecule has 0 fully saturated rings. The van der Waals surface area contributed by atoms with Crippen molar-refractivity contribution in [3.8, 4) is 0 Å². The zero-order chi connectivity index (χ0) is 9.07. The zero-order valence-corrected chi connectivity index (χ0v) is 8.57. The Kier molecular flexibility index (Phi) is 10.8. The molecule has 0 aliphatic rings. The fourth-order valence-corrected chi connectivity index (χ4v) is 1.03. The number of nitrogens with one attached hydrogen (secondary N) is 1. The summed E-state index contributed by atoms with van der Waals surface area (Å²) in [6.07, 6.45) is 4.94. The van der Waals surface area contributed by atoms with Gasteiger partial charge in [-0.1, -0.05) is 26.7 Å². The van der Waals surface area contributed by atoms with Gasteiger partial charge in [0.2, 0.25) is 0 Å². The van der Waals surface area contributed by atoms with E-state index < -0.39 is 0 Å². The Morgan fingerprint density at radius 1 is 1.00 bits per heavy atom. The SMILES string of the molecule is CCCCCOCCCNCC. The molecule has 0 heterocycles. The summed E-state index contributed by atoms with van der Waals surface area (Å²) >= 11 is 0. The second-order valence-corrected chi connectivity index (χ2v) is 3.03. The fourth-order valence-electron chi connectivity index (χ4n) is 1.03. The van der Waals surface area contributed by atoms with Crippen LogP contribution in [0.1, 0.15) is 39.5 Å². The van der Waals surface area contributed by atoms with Gasteiger partial charge in [-0.2, -0.15) is 0 Å². The highest BCUT2D eigenvalue weighted by molar-refractivity contribution is 4.43. The highest BCUT2D eigenvalue weighted by atomic mass is 16.5. The van der Waals surface area contributed by atoms with E-state index in [0.717, 1.165) is 32.7 Å². The maximum Gasteiger partial charge on any atom is 0.0478 e. The Balaban J connectivity index is 2.73. The maximum atomic E-state index is 5.44. The van der Waals surface area contributed by atoms with Gasteiger partial charge < -0.3 is 10.1 Å². The third-order valence-electron chi connectivity index (χ3n) is 1.78. The third kappa shape index (κ3) is 9.92. The predicted octanol–water partition coefficient (Wildman–Crippen LogP) is 2.19. The van der Waals surface area contributed by atoms with Crippen molar-refractivity contribution in [2.24, 2.45) is 0 Å². The summed E-state index contributed by atoms with van der Waals surface area (Å²) in [4.78, 5) is 0. The van der Waals surface area contributed by atoms with E-state index >= 15 is 0 Å². The molecule has 0 aromatic rings. The molecule has 0 saturated heterocycles. The van der Waals surface area contributed by atoms with E-state index in [0.29, 0.717) is 0 Å². The molecule has 74 valence electrons. The van der Waals surface area contributed by atoms with Gasteiger partial charge in [0.1, 0.15) is 0 Å². The Bertz CT molecular complexity index is 66.2. The average molecular weight is 173 g/mol. The van der Waals surface area contributed by atoms with E-state index in [1.165, 1.54) is 19.3 Å². The van der Waals surface area contributed by atoms with Crippen molar-refractivity contribution < 1.29 is 4.74 Å². The molecule has 0 rings (SSSR count). The molecule has 2 heteroatoms. The minimum atomic E-state index is 0.913. The lowest BCUT2D eigenvalue weighted by Gasteiger charge is -2.03. The van der Waals surface area contributed by atoms with Crippen molar-refractivity contribution in [2.45, 2.75) is 39.5 Å². The van der Waals surface area contributed by atoms with Gasteiger partial charge >= 0.3 is 0 Å². The molecule has 12 heavy (non-hydrogen) atoms. The summed E-state index contributed by atoms with van der Waals surface area (Å²) in [5, 5.41) is 3.27. The normalized spacial score (nSPS) is 10.5. The summed E-state index contributed by atoms with van der Waals surface area (Å²) in [6.45, 7) is 8.35. The van der Waals surface area contributed by atoms with Crippen molar-refractivity contribution in [1.82, 2.24) is 5.32 Å². The lowest BCUT2D eigenvalue weighted by Crippen LogP contribution is -2.15. The van der Waals surface area contributed by atoms with Crippen molar-refractivity contribution in [1.29, 1.82) is 0 Å². The Labute approximate surface area is 76.7 Å². The van der Waals surface area contributed by atoms with E-state index in [9.17, 15) is 0 Å². The van der Waals surface area contributed by atoms with Gasteiger partial charge in [-0.3, -0.25) is 0 Å². The Morgan fingerprint density at radius 2 is 1.75 bits per heavy atom. The summed E-state index contributed by atoms with van der Waals surface area (Å²) < 4.78 is 5.44. The van der Waals surface area contributed by atoms with Crippen LogP contribution >= 0.6 is 0 Å². The maximum absolute atomic E-state index is 5.44. The zero-order valence-electron chi connectivity index (χ0n) is 8.57. The van der Waals surface area contributed by atoms with Crippen LogP contribution < -0.4 is 5.32 Å². The van der Waals surface area contributed by atoms with Crippen molar-refractivity contribution in [2.75, 3.05) is 26.3 Å². The van der Waals surface area contributed by atoms with Gasteiger partial charge in [0.15, 0.2) is 0 Å². The van der Waals surface area contributed by atoms with Crippen molar-refractivity contribution in [3.05, 3.63) is 0 Å². The second-order valence-electron chi connectivity index (χ2n) is 3.03. The molecule has 2 nitrogen and oxygen atoms in total. The molecule has 0 aliphatic carbocycles. The first-order valence-electron chi connectivity index (χ1n) is 5.20. The van der Waals surface area contributed by atoms with E-state index in [1.807, 2.05) is 0 Å². The quantitative estimate of drug-likeness (QED) is 0.540. The molecule has 0 atom stereocenters. The number of ether oxygens (including phenoxy) is 1. The van der Waals surface area contributed by atoms with Gasteiger partial charge in [0.25, 0.3) is 0 Å². The number of hydrogen-bond donors (Lipinski definition) is 1. The summed E-state index contributed by atoms with van der Waals surface area (Å²) in [6, 6.07) is 0. The summed E-state index contributed by atoms with van der Waals surface area (Å²) in [7, 11) is 0. The molecule has 0 amide bonds.